The van der Waals surface area contributed by atoms with Crippen LogP contribution in [0.3, 0.4) is 0 Å². The molecule has 2 aromatic rings. The molecule has 0 amide bonds. The van der Waals surface area contributed by atoms with Gasteiger partial charge in [0.1, 0.15) is 0 Å². The van der Waals surface area contributed by atoms with Gasteiger partial charge in [0, 0.05) is 25.5 Å². The lowest BCUT2D eigenvalue weighted by Gasteiger charge is -2.24. The summed E-state index contributed by atoms with van der Waals surface area (Å²) in [6.07, 6.45) is 3.76. The minimum Gasteiger partial charge on any atom is -0.343 e. The predicted molar refractivity (Wildman–Crippen MR) is 81.0 cm³/mol. The van der Waals surface area contributed by atoms with Crippen molar-refractivity contribution < 1.29 is 0 Å². The molecule has 0 aliphatic carbocycles. The van der Waals surface area contributed by atoms with Crippen molar-refractivity contribution in [1.29, 1.82) is 0 Å². The highest BCUT2D eigenvalue weighted by Crippen LogP contribution is 2.29. The first-order valence-electron chi connectivity index (χ1n) is 6.52. The first-order valence-corrected chi connectivity index (χ1v) is 6.52. The Balaban J connectivity index is 2.41. The molecule has 2 rings (SSSR count). The fourth-order valence-corrected chi connectivity index (χ4v) is 2.37. The summed E-state index contributed by atoms with van der Waals surface area (Å²) in [6, 6.07) is 8.58. The highest BCUT2D eigenvalue weighted by atomic mass is 15.1. The minimum atomic E-state index is 0.840. The molecule has 1 aromatic carbocycles. The van der Waals surface area contributed by atoms with Crippen LogP contribution in [0, 0.1) is 13.8 Å². The zero-order valence-electron chi connectivity index (χ0n) is 12.1. The van der Waals surface area contributed by atoms with Crippen LogP contribution >= 0.6 is 0 Å². The number of hydrogen-bond donors (Lipinski definition) is 1. The number of nitrogens with one attached hydrogen (secondary N) is 1. The van der Waals surface area contributed by atoms with Crippen molar-refractivity contribution in [2.24, 2.45) is 0 Å². The Bertz CT molecular complexity index is 564. The second-order valence-electron chi connectivity index (χ2n) is 4.88. The maximum Gasteiger partial charge on any atom is 0.0640 e. The Kier molecular flexibility index (Phi) is 4.17. The Morgan fingerprint density at radius 1 is 1.16 bits per heavy atom. The van der Waals surface area contributed by atoms with Crippen molar-refractivity contribution in [3.05, 3.63) is 53.3 Å². The molecule has 0 radical (unpaired) electrons. The maximum absolute atomic E-state index is 4.25. The van der Waals surface area contributed by atoms with Crippen LogP contribution in [0.1, 0.15) is 16.7 Å². The zero-order chi connectivity index (χ0) is 13.8. The minimum absolute atomic E-state index is 0.840. The van der Waals surface area contributed by atoms with Gasteiger partial charge < -0.3 is 10.2 Å². The summed E-state index contributed by atoms with van der Waals surface area (Å²) in [5, 5.41) is 3.20. The first kappa shape index (κ1) is 13.6. The van der Waals surface area contributed by atoms with E-state index >= 15 is 0 Å². The molecule has 1 N–H and O–H groups in total. The molecule has 0 aliphatic heterocycles. The average molecular weight is 255 g/mol. The van der Waals surface area contributed by atoms with Gasteiger partial charge >= 0.3 is 0 Å². The van der Waals surface area contributed by atoms with Gasteiger partial charge in [-0.1, -0.05) is 17.7 Å². The smallest absolute Gasteiger partial charge is 0.0640 e. The van der Waals surface area contributed by atoms with Gasteiger partial charge in [-0.25, -0.2) is 0 Å². The average Bonchev–Trinajstić information content (AvgIpc) is 2.39. The van der Waals surface area contributed by atoms with Crippen molar-refractivity contribution in [1.82, 2.24) is 10.3 Å². The molecule has 3 heteroatoms. The fraction of sp³-hybridized carbons (Fsp3) is 0.312. The Labute approximate surface area is 115 Å². The third-order valence-electron chi connectivity index (χ3n) is 3.33. The molecule has 0 unspecified atom stereocenters. The summed E-state index contributed by atoms with van der Waals surface area (Å²) in [5.41, 5.74) is 6.18. The van der Waals surface area contributed by atoms with Gasteiger partial charge in [0.2, 0.25) is 0 Å². The molecule has 19 heavy (non-hydrogen) atoms. The summed E-state index contributed by atoms with van der Waals surface area (Å²) in [6.45, 7) is 5.10. The second kappa shape index (κ2) is 5.85. The molecule has 0 spiro atoms. The lowest BCUT2D eigenvalue weighted by molar-refractivity contribution is 0.814. The monoisotopic (exact) mass is 255 g/mol. The van der Waals surface area contributed by atoms with E-state index in [1.165, 1.54) is 22.4 Å². The van der Waals surface area contributed by atoms with Crippen LogP contribution in [0.25, 0.3) is 0 Å². The third kappa shape index (κ3) is 2.93. The molecule has 3 nitrogen and oxygen atoms in total. The van der Waals surface area contributed by atoms with E-state index in [0.29, 0.717) is 0 Å². The molecule has 0 aliphatic rings. The molecular formula is C16H21N3. The standard InChI is InChI=1S/C16H21N3/c1-12-5-6-15(13(2)9-12)19(4)16-11-18-8-7-14(16)10-17-3/h5-9,11,17H,10H2,1-4H3. The van der Waals surface area contributed by atoms with Gasteiger partial charge in [-0.3, -0.25) is 4.98 Å². The highest BCUT2D eigenvalue weighted by Gasteiger charge is 2.11. The molecule has 0 fully saturated rings. The molecule has 0 saturated heterocycles. The molecule has 1 aromatic heterocycles. The van der Waals surface area contributed by atoms with Crippen LogP contribution in [0.5, 0.6) is 0 Å². The summed E-state index contributed by atoms with van der Waals surface area (Å²) in [7, 11) is 4.05. The third-order valence-corrected chi connectivity index (χ3v) is 3.33. The van der Waals surface area contributed by atoms with E-state index in [0.717, 1.165) is 12.2 Å². The topological polar surface area (TPSA) is 28.2 Å². The maximum atomic E-state index is 4.25. The van der Waals surface area contributed by atoms with E-state index < -0.39 is 0 Å². The number of nitrogens with zero attached hydrogens (tertiary/aromatic N) is 2. The van der Waals surface area contributed by atoms with E-state index in [9.17, 15) is 0 Å². The van der Waals surface area contributed by atoms with E-state index in [4.69, 9.17) is 0 Å². The predicted octanol–water partition coefficient (Wildman–Crippen LogP) is 3.19. The Hall–Kier alpha value is -1.87. The Morgan fingerprint density at radius 2 is 1.95 bits per heavy atom. The van der Waals surface area contributed by atoms with Gasteiger partial charge in [-0.05, 0) is 44.2 Å². The molecular weight excluding hydrogens is 234 g/mol. The quantitative estimate of drug-likeness (QED) is 0.909. The van der Waals surface area contributed by atoms with Gasteiger partial charge in [0.05, 0.1) is 11.9 Å². The molecule has 0 saturated carbocycles. The van der Waals surface area contributed by atoms with Crippen LogP contribution in [-0.2, 0) is 6.54 Å². The number of anilines is 2. The lowest BCUT2D eigenvalue weighted by Crippen LogP contribution is -2.16. The van der Waals surface area contributed by atoms with Crippen molar-refractivity contribution in [2.75, 3.05) is 19.0 Å². The van der Waals surface area contributed by atoms with Gasteiger partial charge in [-0.2, -0.15) is 0 Å². The lowest BCUT2D eigenvalue weighted by atomic mass is 10.1. The van der Waals surface area contributed by atoms with Gasteiger partial charge in [0.15, 0.2) is 0 Å². The number of aryl methyl sites for hydroxylation is 2. The number of rotatable bonds is 4. The van der Waals surface area contributed by atoms with E-state index in [1.54, 1.807) is 0 Å². The van der Waals surface area contributed by atoms with Crippen LogP contribution in [0.4, 0.5) is 11.4 Å². The normalized spacial score (nSPS) is 10.5. The second-order valence-corrected chi connectivity index (χ2v) is 4.88. The summed E-state index contributed by atoms with van der Waals surface area (Å²) >= 11 is 0. The number of aromatic nitrogens is 1. The van der Waals surface area contributed by atoms with Crippen LogP contribution in [0.15, 0.2) is 36.7 Å². The molecule has 0 atom stereocenters. The summed E-state index contributed by atoms with van der Waals surface area (Å²) in [5.74, 6) is 0. The number of pyridine rings is 1. The number of benzene rings is 1. The zero-order valence-corrected chi connectivity index (χ0v) is 12.1. The van der Waals surface area contributed by atoms with Gasteiger partial charge in [-0.15, -0.1) is 0 Å². The summed E-state index contributed by atoms with van der Waals surface area (Å²) in [4.78, 5) is 6.45. The van der Waals surface area contributed by atoms with E-state index in [1.807, 2.05) is 19.4 Å². The van der Waals surface area contributed by atoms with Crippen LogP contribution in [-0.4, -0.2) is 19.1 Å². The first-order chi connectivity index (χ1) is 9.13. The largest absolute Gasteiger partial charge is 0.343 e. The van der Waals surface area contributed by atoms with Gasteiger partial charge in [0.25, 0.3) is 0 Å². The highest BCUT2D eigenvalue weighted by molar-refractivity contribution is 5.67. The van der Waals surface area contributed by atoms with Crippen LogP contribution in [0.2, 0.25) is 0 Å². The van der Waals surface area contributed by atoms with Crippen molar-refractivity contribution in [3.63, 3.8) is 0 Å². The van der Waals surface area contributed by atoms with Crippen LogP contribution < -0.4 is 10.2 Å². The SMILES string of the molecule is CNCc1ccncc1N(C)c1ccc(C)cc1C. The van der Waals surface area contributed by atoms with Crippen molar-refractivity contribution in [2.45, 2.75) is 20.4 Å². The number of hydrogen-bond acceptors (Lipinski definition) is 3. The summed E-state index contributed by atoms with van der Waals surface area (Å²) < 4.78 is 0. The van der Waals surface area contributed by atoms with E-state index in [-0.39, 0.29) is 0 Å². The fourth-order valence-electron chi connectivity index (χ4n) is 2.37. The van der Waals surface area contributed by atoms with E-state index in [2.05, 4.69) is 60.4 Å². The molecule has 100 valence electrons. The van der Waals surface area contributed by atoms with Crippen molar-refractivity contribution in [3.8, 4) is 0 Å². The van der Waals surface area contributed by atoms with Crippen molar-refractivity contribution >= 4 is 11.4 Å². The molecule has 1 heterocycles. The molecule has 0 bridgehead atoms. The Morgan fingerprint density at radius 3 is 2.63 bits per heavy atom.